The van der Waals surface area contributed by atoms with Gasteiger partial charge < -0.3 is 14.4 Å². The van der Waals surface area contributed by atoms with E-state index in [2.05, 4.69) is 17.3 Å². The minimum Gasteiger partial charge on any atom is -0.493 e. The molecule has 1 heterocycles. The van der Waals surface area contributed by atoms with Crippen LogP contribution < -0.4 is 4.74 Å². The first-order valence-corrected chi connectivity index (χ1v) is 7.61. The summed E-state index contributed by atoms with van der Waals surface area (Å²) in [5.74, 6) is 1.51. The molecule has 4 heteroatoms. The number of aromatic nitrogens is 1. The Bertz CT molecular complexity index is 748. The van der Waals surface area contributed by atoms with Gasteiger partial charge in [-0.3, -0.25) is 0 Å². The van der Waals surface area contributed by atoms with E-state index in [0.717, 1.165) is 23.3 Å². The van der Waals surface area contributed by atoms with Crippen molar-refractivity contribution in [3.63, 3.8) is 0 Å². The molecule has 118 valence electrons. The van der Waals surface area contributed by atoms with Crippen LogP contribution in [0.3, 0.4) is 0 Å². The Kier molecular flexibility index (Phi) is 4.74. The van der Waals surface area contributed by atoms with Crippen molar-refractivity contribution >= 4 is 0 Å². The zero-order chi connectivity index (χ0) is 16.1. The van der Waals surface area contributed by atoms with Gasteiger partial charge in [0.25, 0.3) is 0 Å². The lowest BCUT2D eigenvalue weighted by Crippen LogP contribution is -2.00. The van der Waals surface area contributed by atoms with Crippen molar-refractivity contribution in [1.82, 2.24) is 5.16 Å². The molecule has 0 aliphatic heterocycles. The number of rotatable bonds is 6. The molecule has 0 unspecified atom stereocenters. The topological polar surface area (TPSA) is 55.5 Å². The minimum atomic E-state index is -0.115. The fraction of sp³-hybridized carbons (Fsp3) is 0.211. The van der Waals surface area contributed by atoms with Gasteiger partial charge in [-0.15, -0.1) is 0 Å². The first kappa shape index (κ1) is 15.3. The summed E-state index contributed by atoms with van der Waals surface area (Å²) in [4.78, 5) is 0. The lowest BCUT2D eigenvalue weighted by atomic mass is 10.1. The van der Waals surface area contributed by atoms with E-state index < -0.39 is 0 Å². The van der Waals surface area contributed by atoms with Crippen LogP contribution in [-0.4, -0.2) is 16.9 Å². The molecule has 3 rings (SSSR count). The Balaban J connectivity index is 1.62. The van der Waals surface area contributed by atoms with Gasteiger partial charge in [0.05, 0.1) is 13.2 Å². The van der Waals surface area contributed by atoms with Gasteiger partial charge in [0.15, 0.2) is 5.76 Å². The standard InChI is InChI=1S/C19H19NO3/c1-14-18(13-21)20-23-19(14)16-7-9-17(10-8-16)22-12-11-15-5-3-2-4-6-15/h2-10,21H,11-13H2,1H3. The number of aliphatic hydroxyl groups excluding tert-OH is 1. The molecule has 1 aromatic heterocycles. The Morgan fingerprint density at radius 1 is 1.04 bits per heavy atom. The average Bonchev–Trinajstić information content (AvgIpc) is 2.97. The molecule has 0 aliphatic carbocycles. The van der Waals surface area contributed by atoms with Crippen LogP contribution in [-0.2, 0) is 13.0 Å². The number of benzene rings is 2. The fourth-order valence-electron chi connectivity index (χ4n) is 2.42. The molecule has 0 saturated carbocycles. The maximum Gasteiger partial charge on any atom is 0.170 e. The third-order valence-corrected chi connectivity index (χ3v) is 3.79. The molecular weight excluding hydrogens is 290 g/mol. The summed E-state index contributed by atoms with van der Waals surface area (Å²) in [5, 5.41) is 13.0. The molecule has 0 aliphatic rings. The highest BCUT2D eigenvalue weighted by molar-refractivity contribution is 5.62. The van der Waals surface area contributed by atoms with Crippen molar-refractivity contribution in [3.05, 3.63) is 71.4 Å². The number of ether oxygens (including phenoxy) is 1. The minimum absolute atomic E-state index is 0.115. The van der Waals surface area contributed by atoms with E-state index in [4.69, 9.17) is 9.26 Å². The highest BCUT2D eigenvalue weighted by Gasteiger charge is 2.12. The molecule has 23 heavy (non-hydrogen) atoms. The summed E-state index contributed by atoms with van der Waals surface area (Å²) in [6.45, 7) is 2.41. The molecule has 0 atom stereocenters. The van der Waals surface area contributed by atoms with Crippen molar-refractivity contribution < 1.29 is 14.4 Å². The molecule has 2 aromatic carbocycles. The highest BCUT2D eigenvalue weighted by Crippen LogP contribution is 2.27. The Labute approximate surface area is 135 Å². The van der Waals surface area contributed by atoms with Crippen molar-refractivity contribution in [2.75, 3.05) is 6.61 Å². The number of hydrogen-bond donors (Lipinski definition) is 1. The summed E-state index contributed by atoms with van der Waals surface area (Å²) in [5.41, 5.74) is 3.62. The molecule has 0 radical (unpaired) electrons. The lowest BCUT2D eigenvalue weighted by molar-refractivity contribution is 0.266. The SMILES string of the molecule is Cc1c(CO)noc1-c1ccc(OCCc2ccccc2)cc1. The van der Waals surface area contributed by atoms with Crippen LogP contribution in [0.5, 0.6) is 5.75 Å². The van der Waals surface area contributed by atoms with Gasteiger partial charge in [0.2, 0.25) is 0 Å². The Morgan fingerprint density at radius 2 is 1.78 bits per heavy atom. The van der Waals surface area contributed by atoms with E-state index in [1.54, 1.807) is 0 Å². The van der Waals surface area contributed by atoms with E-state index in [1.165, 1.54) is 5.56 Å². The number of nitrogens with zero attached hydrogens (tertiary/aromatic N) is 1. The molecule has 0 bridgehead atoms. The second kappa shape index (κ2) is 7.11. The van der Waals surface area contributed by atoms with Crippen molar-refractivity contribution in [3.8, 4) is 17.1 Å². The summed E-state index contributed by atoms with van der Waals surface area (Å²) >= 11 is 0. The van der Waals surface area contributed by atoms with Crippen LogP contribution in [0.25, 0.3) is 11.3 Å². The molecule has 1 N–H and O–H groups in total. The van der Waals surface area contributed by atoms with Gasteiger partial charge in [-0.1, -0.05) is 35.5 Å². The molecule has 0 fully saturated rings. The van der Waals surface area contributed by atoms with E-state index >= 15 is 0 Å². The first-order chi connectivity index (χ1) is 11.3. The lowest BCUT2D eigenvalue weighted by Gasteiger charge is -2.07. The van der Waals surface area contributed by atoms with Crippen LogP contribution in [0.2, 0.25) is 0 Å². The fourth-order valence-corrected chi connectivity index (χ4v) is 2.42. The smallest absolute Gasteiger partial charge is 0.170 e. The number of hydrogen-bond acceptors (Lipinski definition) is 4. The Hall–Kier alpha value is -2.59. The van der Waals surface area contributed by atoms with Crippen molar-refractivity contribution in [2.45, 2.75) is 20.0 Å². The highest BCUT2D eigenvalue weighted by atomic mass is 16.5. The predicted octanol–water partition coefficient (Wildman–Crippen LogP) is 3.76. The summed E-state index contributed by atoms with van der Waals surface area (Å²) in [6.07, 6.45) is 0.879. The van der Waals surface area contributed by atoms with Crippen molar-refractivity contribution in [1.29, 1.82) is 0 Å². The van der Waals surface area contributed by atoms with Gasteiger partial charge in [-0.25, -0.2) is 0 Å². The van der Waals surface area contributed by atoms with Crippen LogP contribution in [0.15, 0.2) is 59.1 Å². The van der Waals surface area contributed by atoms with Crippen LogP contribution in [0, 0.1) is 6.92 Å². The largest absolute Gasteiger partial charge is 0.493 e. The third kappa shape index (κ3) is 3.60. The second-order valence-corrected chi connectivity index (χ2v) is 5.35. The predicted molar refractivity (Wildman–Crippen MR) is 88.2 cm³/mol. The quantitative estimate of drug-likeness (QED) is 0.753. The monoisotopic (exact) mass is 309 g/mol. The van der Waals surface area contributed by atoms with Gasteiger partial charge >= 0.3 is 0 Å². The van der Waals surface area contributed by atoms with E-state index in [0.29, 0.717) is 18.1 Å². The van der Waals surface area contributed by atoms with E-state index in [1.807, 2.05) is 49.4 Å². The maximum atomic E-state index is 9.17. The Morgan fingerprint density at radius 3 is 2.43 bits per heavy atom. The summed E-state index contributed by atoms with van der Waals surface area (Å²) in [7, 11) is 0. The molecule has 4 nitrogen and oxygen atoms in total. The van der Waals surface area contributed by atoms with E-state index in [-0.39, 0.29) is 6.61 Å². The zero-order valence-corrected chi connectivity index (χ0v) is 13.0. The third-order valence-electron chi connectivity index (χ3n) is 3.79. The summed E-state index contributed by atoms with van der Waals surface area (Å²) in [6, 6.07) is 18.0. The van der Waals surface area contributed by atoms with Gasteiger partial charge in [0, 0.05) is 17.5 Å². The molecule has 0 spiro atoms. The van der Waals surface area contributed by atoms with Gasteiger partial charge in [0.1, 0.15) is 11.4 Å². The molecule has 3 aromatic rings. The second-order valence-electron chi connectivity index (χ2n) is 5.35. The molecule has 0 amide bonds. The van der Waals surface area contributed by atoms with Gasteiger partial charge in [-0.05, 0) is 36.8 Å². The summed E-state index contributed by atoms with van der Waals surface area (Å²) < 4.78 is 11.1. The zero-order valence-electron chi connectivity index (χ0n) is 13.0. The average molecular weight is 309 g/mol. The maximum absolute atomic E-state index is 9.17. The molecular formula is C19H19NO3. The molecule has 0 saturated heterocycles. The normalized spacial score (nSPS) is 10.7. The first-order valence-electron chi connectivity index (χ1n) is 7.61. The number of aliphatic hydroxyl groups is 1. The van der Waals surface area contributed by atoms with Gasteiger partial charge in [-0.2, -0.15) is 0 Å². The van der Waals surface area contributed by atoms with Crippen LogP contribution >= 0.6 is 0 Å². The van der Waals surface area contributed by atoms with Crippen LogP contribution in [0.1, 0.15) is 16.8 Å². The van der Waals surface area contributed by atoms with E-state index in [9.17, 15) is 5.11 Å². The van der Waals surface area contributed by atoms with Crippen molar-refractivity contribution in [2.24, 2.45) is 0 Å². The van der Waals surface area contributed by atoms with Crippen LogP contribution in [0.4, 0.5) is 0 Å².